The first-order chi connectivity index (χ1) is 6.81. The summed E-state index contributed by atoms with van der Waals surface area (Å²) in [6, 6.07) is 8.17. The minimum atomic E-state index is -0.506. The molecule has 0 bridgehead atoms. The molecule has 1 fully saturated rings. The molecule has 1 heteroatoms. The third kappa shape index (κ3) is 1.97. The van der Waals surface area contributed by atoms with Gasteiger partial charge in [-0.1, -0.05) is 24.3 Å². The Bertz CT molecular complexity index is 340. The zero-order valence-electron chi connectivity index (χ0n) is 8.11. The van der Waals surface area contributed by atoms with E-state index in [1.165, 1.54) is 18.4 Å². The Kier molecular flexibility index (Phi) is 2.56. The SMILES string of the molecule is C#CCC(O)c1ccc(C2CC2)cc1. The average Bonchev–Trinajstić information content (AvgIpc) is 3.02. The van der Waals surface area contributed by atoms with Crippen molar-refractivity contribution < 1.29 is 5.11 Å². The van der Waals surface area contributed by atoms with Crippen LogP contribution in [-0.4, -0.2) is 5.11 Å². The molecule has 14 heavy (non-hydrogen) atoms. The Morgan fingerprint density at radius 1 is 1.36 bits per heavy atom. The summed E-state index contributed by atoms with van der Waals surface area (Å²) >= 11 is 0. The predicted molar refractivity (Wildman–Crippen MR) is 56.8 cm³/mol. The lowest BCUT2D eigenvalue weighted by molar-refractivity contribution is 0.184. The molecule has 1 saturated carbocycles. The van der Waals surface area contributed by atoms with Crippen LogP contribution in [0.4, 0.5) is 0 Å². The zero-order chi connectivity index (χ0) is 9.97. The van der Waals surface area contributed by atoms with Crippen molar-refractivity contribution in [3.8, 4) is 12.3 Å². The van der Waals surface area contributed by atoms with E-state index in [0.29, 0.717) is 6.42 Å². The molecule has 2 rings (SSSR count). The summed E-state index contributed by atoms with van der Waals surface area (Å²) in [5.41, 5.74) is 2.31. The average molecular weight is 186 g/mol. The van der Waals surface area contributed by atoms with Crippen LogP contribution in [0, 0.1) is 12.3 Å². The fraction of sp³-hybridized carbons (Fsp3) is 0.385. The highest BCUT2D eigenvalue weighted by molar-refractivity contribution is 5.29. The van der Waals surface area contributed by atoms with E-state index in [1.54, 1.807) is 0 Å². The maximum absolute atomic E-state index is 9.62. The molecule has 1 aromatic carbocycles. The molecule has 0 radical (unpaired) electrons. The Morgan fingerprint density at radius 3 is 2.50 bits per heavy atom. The van der Waals surface area contributed by atoms with E-state index in [9.17, 15) is 5.11 Å². The molecule has 1 aromatic rings. The van der Waals surface area contributed by atoms with E-state index in [1.807, 2.05) is 12.1 Å². The van der Waals surface area contributed by atoms with Gasteiger partial charge in [0.15, 0.2) is 0 Å². The summed E-state index contributed by atoms with van der Waals surface area (Å²) in [6.45, 7) is 0. The molecular weight excluding hydrogens is 172 g/mol. The minimum absolute atomic E-state index is 0.392. The van der Waals surface area contributed by atoms with Gasteiger partial charge in [0.05, 0.1) is 6.10 Å². The molecule has 1 unspecified atom stereocenters. The smallest absolute Gasteiger partial charge is 0.0899 e. The van der Waals surface area contributed by atoms with Gasteiger partial charge in [0.1, 0.15) is 0 Å². The highest BCUT2D eigenvalue weighted by Gasteiger charge is 2.23. The van der Waals surface area contributed by atoms with Gasteiger partial charge in [0.25, 0.3) is 0 Å². The van der Waals surface area contributed by atoms with Gasteiger partial charge in [0.2, 0.25) is 0 Å². The monoisotopic (exact) mass is 186 g/mol. The third-order valence-corrected chi connectivity index (χ3v) is 2.68. The van der Waals surface area contributed by atoms with Gasteiger partial charge in [-0.25, -0.2) is 0 Å². The highest BCUT2D eigenvalue weighted by Crippen LogP contribution is 2.40. The number of aliphatic hydroxyl groups is 1. The molecular formula is C13H14O. The molecule has 1 aliphatic carbocycles. The Labute approximate surface area is 84.8 Å². The molecule has 0 saturated heterocycles. The number of aliphatic hydroxyl groups excluding tert-OH is 1. The zero-order valence-corrected chi connectivity index (χ0v) is 8.11. The van der Waals surface area contributed by atoms with Crippen molar-refractivity contribution in [2.75, 3.05) is 0 Å². The van der Waals surface area contributed by atoms with Crippen molar-refractivity contribution in [2.45, 2.75) is 31.3 Å². The van der Waals surface area contributed by atoms with Gasteiger partial charge in [0, 0.05) is 6.42 Å². The van der Waals surface area contributed by atoms with E-state index in [2.05, 4.69) is 18.1 Å². The lowest BCUT2D eigenvalue weighted by Crippen LogP contribution is -1.95. The second-order valence-corrected chi connectivity index (χ2v) is 3.86. The lowest BCUT2D eigenvalue weighted by Gasteiger charge is -2.07. The molecule has 1 aliphatic rings. The van der Waals surface area contributed by atoms with Crippen molar-refractivity contribution in [1.29, 1.82) is 0 Å². The van der Waals surface area contributed by atoms with Gasteiger partial charge in [-0.2, -0.15) is 0 Å². The fourth-order valence-corrected chi connectivity index (χ4v) is 1.64. The van der Waals surface area contributed by atoms with Gasteiger partial charge < -0.3 is 5.11 Å². The van der Waals surface area contributed by atoms with Crippen LogP contribution in [0.5, 0.6) is 0 Å². The Hall–Kier alpha value is -1.26. The topological polar surface area (TPSA) is 20.2 Å². The van der Waals surface area contributed by atoms with Crippen LogP contribution < -0.4 is 0 Å². The molecule has 1 atom stereocenters. The number of benzene rings is 1. The van der Waals surface area contributed by atoms with Crippen molar-refractivity contribution >= 4 is 0 Å². The van der Waals surface area contributed by atoms with Crippen molar-refractivity contribution in [2.24, 2.45) is 0 Å². The maximum Gasteiger partial charge on any atom is 0.0899 e. The van der Waals surface area contributed by atoms with Crippen LogP contribution in [0.3, 0.4) is 0 Å². The second kappa shape index (κ2) is 3.86. The van der Waals surface area contributed by atoms with Gasteiger partial charge >= 0.3 is 0 Å². The number of rotatable bonds is 3. The van der Waals surface area contributed by atoms with E-state index in [-0.39, 0.29) is 0 Å². The van der Waals surface area contributed by atoms with E-state index in [0.717, 1.165) is 11.5 Å². The van der Waals surface area contributed by atoms with E-state index >= 15 is 0 Å². The van der Waals surface area contributed by atoms with E-state index in [4.69, 9.17) is 6.42 Å². The molecule has 1 nitrogen and oxygen atoms in total. The normalized spacial score (nSPS) is 17.4. The molecule has 0 heterocycles. The van der Waals surface area contributed by atoms with Crippen molar-refractivity contribution in [3.05, 3.63) is 35.4 Å². The second-order valence-electron chi connectivity index (χ2n) is 3.86. The summed E-state index contributed by atoms with van der Waals surface area (Å²) in [4.78, 5) is 0. The van der Waals surface area contributed by atoms with Gasteiger partial charge in [-0.05, 0) is 29.9 Å². The molecule has 0 aromatic heterocycles. The number of hydrogen-bond acceptors (Lipinski definition) is 1. The minimum Gasteiger partial charge on any atom is -0.387 e. The Morgan fingerprint density at radius 2 is 2.00 bits per heavy atom. The lowest BCUT2D eigenvalue weighted by atomic mass is 10.0. The van der Waals surface area contributed by atoms with Gasteiger partial charge in [-0.3, -0.25) is 0 Å². The fourth-order valence-electron chi connectivity index (χ4n) is 1.64. The van der Waals surface area contributed by atoms with E-state index < -0.39 is 6.10 Å². The first-order valence-electron chi connectivity index (χ1n) is 5.02. The molecule has 1 N–H and O–H groups in total. The highest BCUT2D eigenvalue weighted by atomic mass is 16.3. The summed E-state index contributed by atoms with van der Waals surface area (Å²) < 4.78 is 0. The summed E-state index contributed by atoms with van der Waals surface area (Å²) in [5.74, 6) is 3.24. The van der Waals surface area contributed by atoms with Crippen molar-refractivity contribution in [1.82, 2.24) is 0 Å². The summed E-state index contributed by atoms with van der Waals surface area (Å²) in [5, 5.41) is 9.62. The first-order valence-corrected chi connectivity index (χ1v) is 5.02. The quantitative estimate of drug-likeness (QED) is 0.719. The molecule has 0 spiro atoms. The van der Waals surface area contributed by atoms with Crippen LogP contribution in [0.1, 0.15) is 42.4 Å². The van der Waals surface area contributed by atoms with Crippen LogP contribution in [-0.2, 0) is 0 Å². The molecule has 0 amide bonds. The summed E-state index contributed by atoms with van der Waals surface area (Å²) in [7, 11) is 0. The Balaban J connectivity index is 2.09. The predicted octanol–water partition coefficient (Wildman–Crippen LogP) is 2.62. The largest absolute Gasteiger partial charge is 0.387 e. The van der Waals surface area contributed by atoms with Crippen molar-refractivity contribution in [3.63, 3.8) is 0 Å². The first kappa shape index (κ1) is 9.30. The molecule has 72 valence electrons. The third-order valence-electron chi connectivity index (χ3n) is 2.68. The maximum atomic E-state index is 9.62. The van der Waals surface area contributed by atoms with Crippen LogP contribution >= 0.6 is 0 Å². The summed E-state index contributed by atoms with van der Waals surface area (Å²) in [6.07, 6.45) is 7.65. The van der Waals surface area contributed by atoms with Crippen LogP contribution in [0.2, 0.25) is 0 Å². The standard InChI is InChI=1S/C13H14O/c1-2-3-13(14)12-8-6-11(7-9-12)10-4-5-10/h1,6-10,13-14H,3-5H2. The van der Waals surface area contributed by atoms with Gasteiger partial charge in [-0.15, -0.1) is 12.3 Å². The van der Waals surface area contributed by atoms with Crippen LogP contribution in [0.15, 0.2) is 24.3 Å². The van der Waals surface area contributed by atoms with Crippen LogP contribution in [0.25, 0.3) is 0 Å². The number of hydrogen-bond donors (Lipinski definition) is 1. The number of terminal acetylenes is 1. The molecule has 0 aliphatic heterocycles.